The van der Waals surface area contributed by atoms with E-state index in [1.165, 1.54) is 5.56 Å². The molecule has 5 nitrogen and oxygen atoms in total. The fraction of sp³-hybridized carbons (Fsp3) is 0.227. The number of nitrogens with zero attached hydrogens (tertiary/aromatic N) is 2. The first-order chi connectivity index (χ1) is 13.1. The van der Waals surface area contributed by atoms with Gasteiger partial charge in [-0.15, -0.1) is 0 Å². The number of para-hydroxylation sites is 1. The van der Waals surface area contributed by atoms with E-state index in [1.54, 1.807) is 0 Å². The van der Waals surface area contributed by atoms with E-state index in [1.807, 2.05) is 61.5 Å². The van der Waals surface area contributed by atoms with Gasteiger partial charge in [0, 0.05) is 17.8 Å². The highest BCUT2D eigenvalue weighted by atomic mass is 16.1. The zero-order valence-corrected chi connectivity index (χ0v) is 15.5. The summed E-state index contributed by atoms with van der Waals surface area (Å²) in [7, 11) is 0. The number of ketones is 1. The van der Waals surface area contributed by atoms with E-state index in [-0.39, 0.29) is 11.7 Å². The molecule has 0 bridgehead atoms. The summed E-state index contributed by atoms with van der Waals surface area (Å²) in [4.78, 5) is 22.0. The average molecular weight is 358 g/mol. The molecule has 0 spiro atoms. The second kappa shape index (κ2) is 7.19. The number of aromatic nitrogens is 2. The molecule has 27 heavy (non-hydrogen) atoms. The Bertz CT molecular complexity index is 968. The summed E-state index contributed by atoms with van der Waals surface area (Å²) < 4.78 is 0. The number of hydrogen-bond donors (Lipinski definition) is 2. The molecule has 0 aliphatic heterocycles. The molecule has 1 unspecified atom stereocenters. The lowest BCUT2D eigenvalue weighted by molar-refractivity contribution is 0.0953. The van der Waals surface area contributed by atoms with Crippen LogP contribution in [0.3, 0.4) is 0 Å². The number of hydrogen-bond acceptors (Lipinski definition) is 5. The second-order valence-electron chi connectivity index (χ2n) is 7.14. The molecule has 136 valence electrons. The van der Waals surface area contributed by atoms with E-state index in [0.29, 0.717) is 23.8 Å². The molecule has 1 aliphatic rings. The Morgan fingerprint density at radius 3 is 2.33 bits per heavy atom. The Morgan fingerprint density at radius 2 is 1.59 bits per heavy atom. The standard InChI is InChI=1S/C22H22N4O/c1-14-8-10-17(11-9-14)23-21-20-18(12-15(2)13-19(20)27)25-22(26-21)24-16-6-4-3-5-7-16/h3-11,15H,12-13H2,1-2H3,(H2,23,24,25,26). The molecule has 0 saturated heterocycles. The van der Waals surface area contributed by atoms with Crippen LogP contribution < -0.4 is 10.6 Å². The van der Waals surface area contributed by atoms with Crippen LogP contribution in [-0.2, 0) is 6.42 Å². The van der Waals surface area contributed by atoms with E-state index >= 15 is 0 Å². The Labute approximate surface area is 158 Å². The Kier molecular flexibility index (Phi) is 4.59. The third-order valence-electron chi connectivity index (χ3n) is 4.68. The number of aryl methyl sites for hydroxylation is 1. The van der Waals surface area contributed by atoms with Crippen molar-refractivity contribution in [3.8, 4) is 0 Å². The molecule has 5 heteroatoms. The number of fused-ring (bicyclic) bond motifs is 1. The highest BCUT2D eigenvalue weighted by Crippen LogP contribution is 2.31. The van der Waals surface area contributed by atoms with Gasteiger partial charge in [0.15, 0.2) is 5.78 Å². The summed E-state index contributed by atoms with van der Waals surface area (Å²) in [5.74, 6) is 1.46. The SMILES string of the molecule is Cc1ccc(Nc2nc(Nc3ccccc3)nc3c2C(=O)CC(C)C3)cc1. The average Bonchev–Trinajstić information content (AvgIpc) is 2.63. The van der Waals surface area contributed by atoms with Crippen LogP contribution in [0.5, 0.6) is 0 Å². The molecular weight excluding hydrogens is 336 g/mol. The van der Waals surface area contributed by atoms with Crippen LogP contribution in [0.2, 0.25) is 0 Å². The van der Waals surface area contributed by atoms with Crippen molar-refractivity contribution in [3.05, 3.63) is 71.4 Å². The fourth-order valence-corrected chi connectivity index (χ4v) is 3.34. The van der Waals surface area contributed by atoms with Gasteiger partial charge < -0.3 is 10.6 Å². The van der Waals surface area contributed by atoms with Crippen LogP contribution in [-0.4, -0.2) is 15.8 Å². The molecule has 1 aliphatic carbocycles. The monoisotopic (exact) mass is 358 g/mol. The summed E-state index contributed by atoms with van der Waals surface area (Å²) in [5, 5.41) is 6.56. The first-order valence-electron chi connectivity index (χ1n) is 9.18. The van der Waals surface area contributed by atoms with Gasteiger partial charge in [-0.25, -0.2) is 4.98 Å². The van der Waals surface area contributed by atoms with E-state index in [2.05, 4.69) is 27.5 Å². The first-order valence-corrected chi connectivity index (χ1v) is 9.18. The van der Waals surface area contributed by atoms with Crippen molar-refractivity contribution in [2.75, 3.05) is 10.6 Å². The van der Waals surface area contributed by atoms with Crippen molar-refractivity contribution in [2.24, 2.45) is 5.92 Å². The number of rotatable bonds is 4. The van der Waals surface area contributed by atoms with Gasteiger partial charge in [-0.05, 0) is 43.5 Å². The van der Waals surface area contributed by atoms with Gasteiger partial charge in [0.05, 0.1) is 11.3 Å². The minimum absolute atomic E-state index is 0.102. The van der Waals surface area contributed by atoms with Crippen molar-refractivity contribution in [1.29, 1.82) is 0 Å². The second-order valence-corrected chi connectivity index (χ2v) is 7.14. The largest absolute Gasteiger partial charge is 0.339 e. The third kappa shape index (κ3) is 3.82. The van der Waals surface area contributed by atoms with Gasteiger partial charge in [-0.2, -0.15) is 4.98 Å². The van der Waals surface area contributed by atoms with Crippen LogP contribution in [0.4, 0.5) is 23.1 Å². The predicted molar refractivity (Wildman–Crippen MR) is 108 cm³/mol. The molecule has 4 rings (SSSR count). The minimum Gasteiger partial charge on any atom is -0.339 e. The first kappa shape index (κ1) is 17.2. The number of Topliss-reactive ketones (excluding diaryl/α,β-unsaturated/α-hetero) is 1. The van der Waals surface area contributed by atoms with Crippen molar-refractivity contribution in [2.45, 2.75) is 26.7 Å². The third-order valence-corrected chi connectivity index (χ3v) is 4.68. The van der Waals surface area contributed by atoms with Crippen molar-refractivity contribution < 1.29 is 4.79 Å². The highest BCUT2D eigenvalue weighted by Gasteiger charge is 2.28. The molecule has 2 N–H and O–H groups in total. The van der Waals surface area contributed by atoms with E-state index < -0.39 is 0 Å². The van der Waals surface area contributed by atoms with Crippen LogP contribution in [0.15, 0.2) is 54.6 Å². The van der Waals surface area contributed by atoms with Gasteiger partial charge in [-0.3, -0.25) is 4.79 Å². The van der Waals surface area contributed by atoms with Gasteiger partial charge in [0.2, 0.25) is 5.95 Å². The minimum atomic E-state index is 0.102. The summed E-state index contributed by atoms with van der Waals surface area (Å²) in [6.07, 6.45) is 1.31. The quantitative estimate of drug-likeness (QED) is 0.684. The van der Waals surface area contributed by atoms with Gasteiger partial charge in [0.25, 0.3) is 0 Å². The molecular formula is C22H22N4O. The van der Waals surface area contributed by atoms with Gasteiger partial charge in [-0.1, -0.05) is 42.8 Å². The lowest BCUT2D eigenvalue weighted by atomic mass is 9.87. The number of nitrogens with one attached hydrogen (secondary N) is 2. The molecule has 0 saturated carbocycles. The summed E-state index contributed by atoms with van der Waals surface area (Å²) in [5.41, 5.74) is 4.42. The van der Waals surface area contributed by atoms with Gasteiger partial charge >= 0.3 is 0 Å². The van der Waals surface area contributed by atoms with Gasteiger partial charge in [0.1, 0.15) is 5.82 Å². The van der Waals surface area contributed by atoms with Crippen LogP contribution >= 0.6 is 0 Å². The Morgan fingerprint density at radius 1 is 0.889 bits per heavy atom. The number of carbonyl (C=O) groups excluding carboxylic acids is 1. The lowest BCUT2D eigenvalue weighted by Crippen LogP contribution is -2.22. The smallest absolute Gasteiger partial charge is 0.229 e. The van der Waals surface area contributed by atoms with Crippen molar-refractivity contribution >= 4 is 28.9 Å². The molecule has 0 radical (unpaired) electrons. The molecule has 3 aromatic rings. The number of carbonyl (C=O) groups is 1. The Balaban J connectivity index is 1.75. The maximum absolute atomic E-state index is 12.7. The summed E-state index contributed by atoms with van der Waals surface area (Å²) >= 11 is 0. The zero-order chi connectivity index (χ0) is 18.8. The number of benzene rings is 2. The highest BCUT2D eigenvalue weighted by molar-refractivity contribution is 6.03. The zero-order valence-electron chi connectivity index (χ0n) is 15.5. The molecule has 0 fully saturated rings. The summed E-state index contributed by atoms with van der Waals surface area (Å²) in [6, 6.07) is 17.8. The van der Waals surface area contributed by atoms with Crippen LogP contribution in [0.25, 0.3) is 0 Å². The maximum atomic E-state index is 12.7. The normalized spacial score (nSPS) is 15.9. The molecule has 0 amide bonds. The lowest BCUT2D eigenvalue weighted by Gasteiger charge is -2.23. The Hall–Kier alpha value is -3.21. The van der Waals surface area contributed by atoms with E-state index in [0.717, 1.165) is 23.5 Å². The molecule has 1 atom stereocenters. The topological polar surface area (TPSA) is 66.9 Å². The molecule has 1 heterocycles. The van der Waals surface area contributed by atoms with E-state index in [4.69, 9.17) is 0 Å². The number of anilines is 4. The summed E-state index contributed by atoms with van der Waals surface area (Å²) in [6.45, 7) is 4.13. The molecule has 2 aromatic carbocycles. The fourth-order valence-electron chi connectivity index (χ4n) is 3.34. The maximum Gasteiger partial charge on any atom is 0.229 e. The molecule has 1 aromatic heterocycles. The predicted octanol–water partition coefficient (Wildman–Crippen LogP) is 5.04. The van der Waals surface area contributed by atoms with Crippen molar-refractivity contribution in [3.63, 3.8) is 0 Å². The van der Waals surface area contributed by atoms with E-state index in [9.17, 15) is 4.79 Å². The van der Waals surface area contributed by atoms with Crippen LogP contribution in [0, 0.1) is 12.8 Å². The van der Waals surface area contributed by atoms with Crippen LogP contribution in [0.1, 0.15) is 35.0 Å². The van der Waals surface area contributed by atoms with Crippen molar-refractivity contribution in [1.82, 2.24) is 9.97 Å².